The Bertz CT molecular complexity index is 691. The molecule has 3 rings (SSSR count). The molecule has 0 saturated heterocycles. The lowest BCUT2D eigenvalue weighted by molar-refractivity contribution is 0.102. The number of hydrogen-bond donors (Lipinski definition) is 2. The van der Waals surface area contributed by atoms with Gasteiger partial charge in [-0.05, 0) is 24.3 Å². The molecule has 0 spiro atoms. The lowest BCUT2D eigenvalue weighted by atomic mass is 10.1. The van der Waals surface area contributed by atoms with Crippen LogP contribution in [0.1, 0.15) is 10.4 Å². The van der Waals surface area contributed by atoms with Gasteiger partial charge in [0.25, 0.3) is 5.91 Å². The van der Waals surface area contributed by atoms with Gasteiger partial charge >= 0.3 is 0 Å². The van der Waals surface area contributed by atoms with Crippen LogP contribution in [0.5, 0.6) is 0 Å². The lowest BCUT2D eigenvalue weighted by Crippen LogP contribution is -2.11. The Hall–Kier alpha value is -2.95. The van der Waals surface area contributed by atoms with E-state index in [1.807, 2.05) is 42.5 Å². The quantitative estimate of drug-likeness (QED) is 0.764. The molecule has 2 aromatic carbocycles. The van der Waals surface area contributed by atoms with Gasteiger partial charge in [-0.25, -0.2) is 0 Å². The molecule has 0 atom stereocenters. The van der Waals surface area contributed by atoms with Gasteiger partial charge in [0.1, 0.15) is 5.69 Å². The number of rotatable bonds is 3. The highest BCUT2D eigenvalue weighted by Crippen LogP contribution is 2.18. The predicted molar refractivity (Wildman–Crippen MR) is 76.2 cm³/mol. The third-order valence-electron chi connectivity index (χ3n) is 2.89. The minimum atomic E-state index is -0.125. The molecule has 1 amide bonds. The van der Waals surface area contributed by atoms with Gasteiger partial charge in [0.15, 0.2) is 0 Å². The van der Waals surface area contributed by atoms with E-state index in [4.69, 9.17) is 0 Å². The van der Waals surface area contributed by atoms with Crippen molar-refractivity contribution in [2.75, 3.05) is 5.32 Å². The van der Waals surface area contributed by atoms with Crippen LogP contribution in [0.15, 0.2) is 60.8 Å². The largest absolute Gasteiger partial charge is 0.322 e. The van der Waals surface area contributed by atoms with Crippen LogP contribution >= 0.6 is 0 Å². The molecule has 0 radical (unpaired) electrons. The molecule has 0 aliphatic carbocycles. The fraction of sp³-hybridized carbons (Fsp3) is 0. The highest BCUT2D eigenvalue weighted by atomic mass is 16.1. The summed E-state index contributed by atoms with van der Waals surface area (Å²) in [6.45, 7) is 0. The summed E-state index contributed by atoms with van der Waals surface area (Å²) in [5.41, 5.74) is 3.08. The Balaban J connectivity index is 1.74. The summed E-state index contributed by atoms with van der Waals surface area (Å²) in [7, 11) is 0. The monoisotopic (exact) mass is 264 g/mol. The smallest absolute Gasteiger partial charge is 0.255 e. The zero-order valence-electron chi connectivity index (χ0n) is 10.6. The molecule has 0 bridgehead atoms. The summed E-state index contributed by atoms with van der Waals surface area (Å²) in [5, 5.41) is 13.2. The van der Waals surface area contributed by atoms with Gasteiger partial charge in [-0.15, -0.1) is 0 Å². The second kappa shape index (κ2) is 5.36. The molecule has 20 heavy (non-hydrogen) atoms. The molecule has 5 heteroatoms. The number of aromatic nitrogens is 3. The van der Waals surface area contributed by atoms with Gasteiger partial charge in [0.05, 0.1) is 6.20 Å². The van der Waals surface area contributed by atoms with Gasteiger partial charge in [0.2, 0.25) is 0 Å². The first-order chi connectivity index (χ1) is 9.83. The number of aromatic amines is 1. The van der Waals surface area contributed by atoms with Gasteiger partial charge in [-0.1, -0.05) is 30.3 Å². The summed E-state index contributed by atoms with van der Waals surface area (Å²) >= 11 is 0. The predicted octanol–water partition coefficient (Wildman–Crippen LogP) is 2.72. The molecule has 0 unspecified atom stereocenters. The number of anilines is 1. The second-order valence-electron chi connectivity index (χ2n) is 4.25. The van der Waals surface area contributed by atoms with E-state index < -0.39 is 0 Å². The molecule has 0 aliphatic heterocycles. The minimum Gasteiger partial charge on any atom is -0.322 e. The summed E-state index contributed by atoms with van der Waals surface area (Å²) in [6.07, 6.45) is 1.65. The zero-order valence-corrected chi connectivity index (χ0v) is 10.6. The topological polar surface area (TPSA) is 70.7 Å². The molecular formula is C15H12N4O. The molecule has 0 fully saturated rings. The Morgan fingerprint density at radius 1 is 1.00 bits per heavy atom. The SMILES string of the molecule is O=C(Nc1ccc(-c2cn[nH]n2)cc1)c1ccccc1. The fourth-order valence-electron chi connectivity index (χ4n) is 1.86. The third-order valence-corrected chi connectivity index (χ3v) is 2.89. The van der Waals surface area contributed by atoms with E-state index in [0.717, 1.165) is 16.9 Å². The first-order valence-corrected chi connectivity index (χ1v) is 6.15. The number of benzene rings is 2. The van der Waals surface area contributed by atoms with E-state index in [2.05, 4.69) is 20.7 Å². The van der Waals surface area contributed by atoms with Crippen LogP contribution < -0.4 is 5.32 Å². The van der Waals surface area contributed by atoms with Crippen LogP contribution in [-0.2, 0) is 0 Å². The van der Waals surface area contributed by atoms with E-state index >= 15 is 0 Å². The number of carbonyl (C=O) groups excluding carboxylic acids is 1. The van der Waals surface area contributed by atoms with Crippen LogP contribution in [0.25, 0.3) is 11.3 Å². The van der Waals surface area contributed by atoms with Crippen molar-refractivity contribution in [3.63, 3.8) is 0 Å². The van der Waals surface area contributed by atoms with Crippen molar-refractivity contribution in [1.29, 1.82) is 0 Å². The summed E-state index contributed by atoms with van der Waals surface area (Å²) in [6, 6.07) is 16.6. The van der Waals surface area contributed by atoms with Crippen LogP contribution in [0.3, 0.4) is 0 Å². The number of H-pyrrole nitrogens is 1. The van der Waals surface area contributed by atoms with E-state index in [1.54, 1.807) is 18.3 Å². The average molecular weight is 264 g/mol. The van der Waals surface area contributed by atoms with E-state index in [0.29, 0.717) is 5.56 Å². The second-order valence-corrected chi connectivity index (χ2v) is 4.25. The molecule has 98 valence electrons. The van der Waals surface area contributed by atoms with Crippen molar-refractivity contribution in [3.05, 3.63) is 66.4 Å². The molecule has 2 N–H and O–H groups in total. The molecule has 3 aromatic rings. The van der Waals surface area contributed by atoms with Crippen LogP contribution in [0.2, 0.25) is 0 Å². The summed E-state index contributed by atoms with van der Waals surface area (Å²) < 4.78 is 0. The van der Waals surface area contributed by atoms with Crippen molar-refractivity contribution in [1.82, 2.24) is 15.4 Å². The molecule has 0 saturated carbocycles. The maximum Gasteiger partial charge on any atom is 0.255 e. The Morgan fingerprint density at radius 2 is 1.75 bits per heavy atom. The van der Waals surface area contributed by atoms with E-state index in [9.17, 15) is 4.79 Å². The van der Waals surface area contributed by atoms with Gasteiger partial charge in [-0.2, -0.15) is 15.4 Å². The van der Waals surface area contributed by atoms with Gasteiger partial charge in [-0.3, -0.25) is 4.79 Å². The summed E-state index contributed by atoms with van der Waals surface area (Å²) in [5.74, 6) is -0.125. The lowest BCUT2D eigenvalue weighted by Gasteiger charge is -2.05. The Morgan fingerprint density at radius 3 is 2.40 bits per heavy atom. The first-order valence-electron chi connectivity index (χ1n) is 6.15. The van der Waals surface area contributed by atoms with Crippen molar-refractivity contribution >= 4 is 11.6 Å². The highest BCUT2D eigenvalue weighted by molar-refractivity contribution is 6.04. The van der Waals surface area contributed by atoms with E-state index in [-0.39, 0.29) is 5.91 Å². The number of amides is 1. The highest BCUT2D eigenvalue weighted by Gasteiger charge is 2.05. The Labute approximate surface area is 115 Å². The fourth-order valence-corrected chi connectivity index (χ4v) is 1.86. The summed E-state index contributed by atoms with van der Waals surface area (Å²) in [4.78, 5) is 12.0. The molecule has 1 aromatic heterocycles. The van der Waals surface area contributed by atoms with Crippen molar-refractivity contribution in [3.8, 4) is 11.3 Å². The zero-order chi connectivity index (χ0) is 13.8. The number of hydrogen-bond acceptors (Lipinski definition) is 3. The van der Waals surface area contributed by atoms with E-state index in [1.165, 1.54) is 0 Å². The molecule has 0 aliphatic rings. The van der Waals surface area contributed by atoms with Gasteiger partial charge in [0, 0.05) is 16.8 Å². The first kappa shape index (κ1) is 12.1. The van der Waals surface area contributed by atoms with Crippen molar-refractivity contribution < 1.29 is 4.79 Å². The molecule has 5 nitrogen and oxygen atoms in total. The third kappa shape index (κ3) is 2.56. The number of nitrogens with zero attached hydrogens (tertiary/aromatic N) is 2. The molecular weight excluding hydrogens is 252 g/mol. The Kier molecular flexibility index (Phi) is 3.24. The molecule has 1 heterocycles. The van der Waals surface area contributed by atoms with Crippen molar-refractivity contribution in [2.45, 2.75) is 0 Å². The minimum absolute atomic E-state index is 0.125. The van der Waals surface area contributed by atoms with Crippen LogP contribution in [-0.4, -0.2) is 21.3 Å². The van der Waals surface area contributed by atoms with Gasteiger partial charge < -0.3 is 5.32 Å². The van der Waals surface area contributed by atoms with Crippen LogP contribution in [0.4, 0.5) is 5.69 Å². The maximum atomic E-state index is 12.0. The van der Waals surface area contributed by atoms with Crippen molar-refractivity contribution in [2.24, 2.45) is 0 Å². The van der Waals surface area contributed by atoms with Crippen LogP contribution in [0, 0.1) is 0 Å². The number of carbonyl (C=O) groups is 1. The maximum absolute atomic E-state index is 12.0. The standard InChI is InChI=1S/C15H12N4O/c20-15(12-4-2-1-3-5-12)17-13-8-6-11(7-9-13)14-10-16-19-18-14/h1-10H,(H,17,20)(H,16,18,19). The average Bonchev–Trinajstić information content (AvgIpc) is 3.03. The normalized spacial score (nSPS) is 10.2. The number of nitrogens with one attached hydrogen (secondary N) is 2.